The third-order valence-electron chi connectivity index (χ3n) is 2.81. The first kappa shape index (κ1) is 13.8. The molecule has 1 aliphatic rings. The molecule has 0 saturated carbocycles. The summed E-state index contributed by atoms with van der Waals surface area (Å²) >= 11 is 0. The number of rotatable bonds is 5. The number of hydrogen-bond acceptors (Lipinski definition) is 2. The van der Waals surface area contributed by atoms with Crippen LogP contribution in [0.25, 0.3) is 0 Å². The number of amides is 1. The van der Waals surface area contributed by atoms with Crippen LogP contribution in [0, 0.1) is 0 Å². The summed E-state index contributed by atoms with van der Waals surface area (Å²) in [5, 5.41) is 2.77. The summed E-state index contributed by atoms with van der Waals surface area (Å²) in [4.78, 5) is 11.3. The summed E-state index contributed by atoms with van der Waals surface area (Å²) in [6.45, 7) is 5.00. The van der Waals surface area contributed by atoms with E-state index in [1.165, 1.54) is 31.3 Å². The van der Waals surface area contributed by atoms with Gasteiger partial charge in [-0.25, -0.2) is 4.79 Å². The summed E-state index contributed by atoms with van der Waals surface area (Å²) in [6.07, 6.45) is 9.81. The van der Waals surface area contributed by atoms with E-state index >= 15 is 0 Å². The molecule has 96 valence electrons. The Morgan fingerprint density at radius 2 is 2.29 bits per heavy atom. The highest BCUT2D eigenvalue weighted by atomic mass is 16.5. The molecule has 3 heteroatoms. The summed E-state index contributed by atoms with van der Waals surface area (Å²) in [6, 6.07) is 0. The van der Waals surface area contributed by atoms with Gasteiger partial charge in [-0.1, -0.05) is 17.2 Å². The summed E-state index contributed by atoms with van der Waals surface area (Å²) in [7, 11) is 0. The molecule has 0 spiro atoms. The van der Waals surface area contributed by atoms with Gasteiger partial charge in [-0.2, -0.15) is 0 Å². The van der Waals surface area contributed by atoms with Crippen molar-refractivity contribution in [1.29, 1.82) is 0 Å². The van der Waals surface area contributed by atoms with Gasteiger partial charge >= 0.3 is 6.09 Å². The SMILES string of the molecule is CC(C)=CCOC(=O)NCCC1=CCCCC1. The highest BCUT2D eigenvalue weighted by molar-refractivity contribution is 5.67. The fourth-order valence-corrected chi connectivity index (χ4v) is 1.79. The Hall–Kier alpha value is -1.25. The van der Waals surface area contributed by atoms with Crippen LogP contribution >= 0.6 is 0 Å². The molecular formula is C14H23NO2. The molecule has 0 saturated heterocycles. The molecule has 0 bridgehead atoms. The molecule has 1 rings (SSSR count). The highest BCUT2D eigenvalue weighted by Crippen LogP contribution is 2.19. The Bertz CT molecular complexity index is 301. The molecule has 0 atom stereocenters. The maximum absolute atomic E-state index is 11.3. The van der Waals surface area contributed by atoms with Crippen molar-refractivity contribution in [1.82, 2.24) is 5.32 Å². The highest BCUT2D eigenvalue weighted by Gasteiger charge is 2.04. The second kappa shape index (κ2) is 7.93. The van der Waals surface area contributed by atoms with E-state index in [0.717, 1.165) is 12.0 Å². The number of hydrogen-bond donors (Lipinski definition) is 1. The van der Waals surface area contributed by atoms with Crippen LogP contribution in [0.15, 0.2) is 23.3 Å². The lowest BCUT2D eigenvalue weighted by Gasteiger charge is -2.12. The second-order valence-corrected chi connectivity index (χ2v) is 4.66. The molecule has 0 fully saturated rings. The molecule has 0 radical (unpaired) electrons. The molecule has 1 aliphatic carbocycles. The summed E-state index contributed by atoms with van der Waals surface area (Å²) < 4.78 is 5.00. The zero-order chi connectivity index (χ0) is 12.5. The molecule has 1 amide bonds. The van der Waals surface area contributed by atoms with E-state index in [1.807, 2.05) is 19.9 Å². The van der Waals surface area contributed by atoms with Crippen LogP contribution in [-0.4, -0.2) is 19.2 Å². The second-order valence-electron chi connectivity index (χ2n) is 4.66. The lowest BCUT2D eigenvalue weighted by molar-refractivity contribution is 0.158. The van der Waals surface area contributed by atoms with Crippen LogP contribution in [0.1, 0.15) is 46.0 Å². The zero-order valence-electron chi connectivity index (χ0n) is 10.9. The Morgan fingerprint density at radius 3 is 2.94 bits per heavy atom. The van der Waals surface area contributed by atoms with Gasteiger partial charge in [-0.3, -0.25) is 0 Å². The number of allylic oxidation sites excluding steroid dienone is 2. The largest absolute Gasteiger partial charge is 0.445 e. The lowest BCUT2D eigenvalue weighted by atomic mass is 9.97. The van der Waals surface area contributed by atoms with E-state index in [2.05, 4.69) is 11.4 Å². The smallest absolute Gasteiger partial charge is 0.407 e. The van der Waals surface area contributed by atoms with Crippen molar-refractivity contribution in [3.05, 3.63) is 23.3 Å². The fourth-order valence-electron chi connectivity index (χ4n) is 1.79. The van der Waals surface area contributed by atoms with Gasteiger partial charge in [0.2, 0.25) is 0 Å². The van der Waals surface area contributed by atoms with Gasteiger partial charge in [-0.15, -0.1) is 0 Å². The van der Waals surface area contributed by atoms with E-state index in [1.54, 1.807) is 0 Å². The summed E-state index contributed by atoms with van der Waals surface area (Å²) in [5.41, 5.74) is 2.63. The van der Waals surface area contributed by atoms with E-state index in [-0.39, 0.29) is 6.09 Å². The molecule has 1 N–H and O–H groups in total. The van der Waals surface area contributed by atoms with Crippen LogP contribution in [-0.2, 0) is 4.74 Å². The molecular weight excluding hydrogens is 214 g/mol. The van der Waals surface area contributed by atoms with Gasteiger partial charge in [0.1, 0.15) is 6.61 Å². The van der Waals surface area contributed by atoms with Gasteiger partial charge in [-0.05, 0) is 52.0 Å². The Labute approximate surface area is 104 Å². The van der Waals surface area contributed by atoms with Crippen molar-refractivity contribution < 1.29 is 9.53 Å². The number of nitrogens with one attached hydrogen (secondary N) is 1. The first-order valence-electron chi connectivity index (χ1n) is 6.40. The van der Waals surface area contributed by atoms with Crippen molar-refractivity contribution in [2.45, 2.75) is 46.0 Å². The Morgan fingerprint density at radius 1 is 1.47 bits per heavy atom. The zero-order valence-corrected chi connectivity index (χ0v) is 10.9. The van der Waals surface area contributed by atoms with Crippen LogP contribution in [0.5, 0.6) is 0 Å². The third kappa shape index (κ3) is 6.82. The van der Waals surface area contributed by atoms with Crippen molar-refractivity contribution in [2.75, 3.05) is 13.2 Å². The monoisotopic (exact) mass is 237 g/mol. The van der Waals surface area contributed by atoms with Crippen LogP contribution in [0.2, 0.25) is 0 Å². The molecule has 0 aromatic carbocycles. The fraction of sp³-hybridized carbons (Fsp3) is 0.643. The van der Waals surface area contributed by atoms with Crippen molar-refractivity contribution in [3.63, 3.8) is 0 Å². The minimum Gasteiger partial charge on any atom is -0.445 e. The van der Waals surface area contributed by atoms with E-state index in [0.29, 0.717) is 13.2 Å². The lowest BCUT2D eigenvalue weighted by Crippen LogP contribution is -2.25. The van der Waals surface area contributed by atoms with E-state index in [9.17, 15) is 4.79 Å². The van der Waals surface area contributed by atoms with Crippen LogP contribution < -0.4 is 5.32 Å². The number of carbonyl (C=O) groups excluding carboxylic acids is 1. The molecule has 0 heterocycles. The molecule has 0 aliphatic heterocycles. The maximum atomic E-state index is 11.3. The van der Waals surface area contributed by atoms with Crippen molar-refractivity contribution >= 4 is 6.09 Å². The van der Waals surface area contributed by atoms with Gasteiger partial charge in [0, 0.05) is 6.54 Å². The van der Waals surface area contributed by atoms with Crippen LogP contribution in [0.3, 0.4) is 0 Å². The Balaban J connectivity index is 2.07. The van der Waals surface area contributed by atoms with Gasteiger partial charge in [0.05, 0.1) is 0 Å². The molecule has 3 nitrogen and oxygen atoms in total. The van der Waals surface area contributed by atoms with E-state index < -0.39 is 0 Å². The van der Waals surface area contributed by atoms with Crippen LogP contribution in [0.4, 0.5) is 4.79 Å². The normalized spacial score (nSPS) is 14.8. The molecule has 17 heavy (non-hydrogen) atoms. The van der Waals surface area contributed by atoms with Crippen molar-refractivity contribution in [2.24, 2.45) is 0 Å². The molecule has 0 aromatic heterocycles. The van der Waals surface area contributed by atoms with Crippen molar-refractivity contribution in [3.8, 4) is 0 Å². The quantitative estimate of drug-likeness (QED) is 0.742. The maximum Gasteiger partial charge on any atom is 0.407 e. The topological polar surface area (TPSA) is 38.3 Å². The minimum absolute atomic E-state index is 0.320. The average molecular weight is 237 g/mol. The van der Waals surface area contributed by atoms with Gasteiger partial charge in [0.15, 0.2) is 0 Å². The predicted molar refractivity (Wildman–Crippen MR) is 69.9 cm³/mol. The standard InChI is InChI=1S/C14H23NO2/c1-12(2)9-11-17-14(16)15-10-8-13-6-4-3-5-7-13/h6,9H,3-5,7-8,10-11H2,1-2H3,(H,15,16). The number of ether oxygens (including phenoxy) is 1. The predicted octanol–water partition coefficient (Wildman–Crippen LogP) is 3.57. The summed E-state index contributed by atoms with van der Waals surface area (Å²) in [5.74, 6) is 0. The molecule has 0 aromatic rings. The third-order valence-corrected chi connectivity index (χ3v) is 2.81. The van der Waals surface area contributed by atoms with E-state index in [4.69, 9.17) is 4.74 Å². The van der Waals surface area contributed by atoms with Gasteiger partial charge in [0.25, 0.3) is 0 Å². The minimum atomic E-state index is -0.320. The Kier molecular flexibility index (Phi) is 6.45. The number of carbonyl (C=O) groups is 1. The first-order chi connectivity index (χ1) is 8.18. The molecule has 0 unspecified atom stereocenters. The average Bonchev–Trinajstić information content (AvgIpc) is 2.30. The number of alkyl carbamates (subject to hydrolysis) is 1. The first-order valence-corrected chi connectivity index (χ1v) is 6.40. The van der Waals surface area contributed by atoms with Gasteiger partial charge < -0.3 is 10.1 Å².